The van der Waals surface area contributed by atoms with Gasteiger partial charge in [0.2, 0.25) is 0 Å². The summed E-state index contributed by atoms with van der Waals surface area (Å²) < 4.78 is 2.54. The van der Waals surface area contributed by atoms with Crippen LogP contribution in [0.5, 0.6) is 0 Å². The number of hydrogen-bond donors (Lipinski definition) is 0. The van der Waals surface area contributed by atoms with Gasteiger partial charge in [0.1, 0.15) is 0 Å². The first-order valence-electron chi connectivity index (χ1n) is 18.6. The molecule has 0 radical (unpaired) electrons. The van der Waals surface area contributed by atoms with Crippen molar-refractivity contribution >= 4 is 32.7 Å². The minimum absolute atomic E-state index is 0.190. The summed E-state index contributed by atoms with van der Waals surface area (Å²) in [6.45, 7) is 9.68. The van der Waals surface area contributed by atoms with Crippen molar-refractivity contribution in [1.82, 2.24) is 14.5 Å². The Labute approximate surface area is 309 Å². The van der Waals surface area contributed by atoms with E-state index in [1.165, 1.54) is 66.3 Å². The molecule has 252 valence electrons. The van der Waals surface area contributed by atoms with E-state index >= 15 is 0 Å². The molecule has 0 amide bonds. The molecule has 0 bridgehead atoms. The van der Waals surface area contributed by atoms with Crippen molar-refractivity contribution in [2.45, 2.75) is 38.5 Å². The number of nitrogens with zero attached hydrogens (tertiary/aromatic N) is 3. The Hall–Kier alpha value is -6.32. The third kappa shape index (κ3) is 4.00. The van der Waals surface area contributed by atoms with Gasteiger partial charge < -0.3 is 4.57 Å². The number of rotatable bonds is 3. The average molecular weight is 680 g/mol. The first-order chi connectivity index (χ1) is 25.8. The number of fused-ring (bicyclic) bond motifs is 13. The van der Waals surface area contributed by atoms with Crippen LogP contribution in [0.1, 0.15) is 49.9 Å². The molecule has 0 fully saturated rings. The number of benzene rings is 7. The van der Waals surface area contributed by atoms with E-state index in [9.17, 15) is 0 Å². The Bertz CT molecular complexity index is 3000. The van der Waals surface area contributed by atoms with Crippen molar-refractivity contribution in [2.75, 3.05) is 0 Å². The Kier molecular flexibility index (Phi) is 6.07. The Morgan fingerprint density at radius 1 is 0.491 bits per heavy atom. The van der Waals surface area contributed by atoms with Crippen molar-refractivity contribution in [3.05, 3.63) is 174 Å². The Morgan fingerprint density at radius 2 is 1.08 bits per heavy atom. The molecule has 2 aliphatic rings. The average Bonchev–Trinajstić information content (AvgIpc) is 3.75. The molecule has 0 aliphatic heterocycles. The molecule has 2 aromatic heterocycles. The van der Waals surface area contributed by atoms with E-state index in [0.29, 0.717) is 0 Å². The van der Waals surface area contributed by atoms with Gasteiger partial charge in [0.05, 0.1) is 22.2 Å². The fourth-order valence-corrected chi connectivity index (χ4v) is 9.83. The highest BCUT2D eigenvalue weighted by molar-refractivity contribution is 6.20. The zero-order valence-electron chi connectivity index (χ0n) is 30.3. The van der Waals surface area contributed by atoms with Crippen LogP contribution in [0.25, 0.3) is 83.3 Å². The van der Waals surface area contributed by atoms with Crippen molar-refractivity contribution in [3.8, 4) is 50.6 Å². The van der Waals surface area contributed by atoms with Gasteiger partial charge in [0, 0.05) is 43.8 Å². The van der Waals surface area contributed by atoms with Gasteiger partial charge >= 0.3 is 0 Å². The van der Waals surface area contributed by atoms with E-state index < -0.39 is 0 Å². The van der Waals surface area contributed by atoms with Gasteiger partial charge in [0.15, 0.2) is 5.82 Å². The van der Waals surface area contributed by atoms with E-state index in [-0.39, 0.29) is 10.8 Å². The molecule has 0 N–H and O–H groups in total. The van der Waals surface area contributed by atoms with Crippen LogP contribution in [0, 0.1) is 0 Å². The third-order valence-electron chi connectivity index (χ3n) is 12.1. The topological polar surface area (TPSA) is 30.7 Å². The van der Waals surface area contributed by atoms with Crippen LogP contribution < -0.4 is 0 Å². The lowest BCUT2D eigenvalue weighted by atomic mass is 9.76. The Morgan fingerprint density at radius 3 is 1.83 bits per heavy atom. The second kappa shape index (κ2) is 10.6. The molecule has 3 nitrogen and oxygen atoms in total. The van der Waals surface area contributed by atoms with Crippen LogP contribution in [0.3, 0.4) is 0 Å². The summed E-state index contributed by atoms with van der Waals surface area (Å²) in [5.74, 6) is 0.723. The number of hydrogen-bond acceptors (Lipinski definition) is 2. The fraction of sp³-hybridized carbons (Fsp3) is 0.120. The number of para-hydroxylation sites is 2. The molecule has 11 rings (SSSR count). The minimum Gasteiger partial charge on any atom is -0.309 e. The summed E-state index contributed by atoms with van der Waals surface area (Å²) >= 11 is 0. The molecule has 2 aliphatic carbocycles. The molecule has 2 heterocycles. The number of aromatic nitrogens is 3. The van der Waals surface area contributed by atoms with Crippen molar-refractivity contribution < 1.29 is 0 Å². The highest BCUT2D eigenvalue weighted by atomic mass is 15.0. The minimum atomic E-state index is -0.226. The van der Waals surface area contributed by atoms with Crippen LogP contribution in [-0.2, 0) is 10.8 Å². The van der Waals surface area contributed by atoms with Crippen LogP contribution in [0.4, 0.5) is 0 Å². The molecule has 53 heavy (non-hydrogen) atoms. The zero-order valence-corrected chi connectivity index (χ0v) is 30.3. The van der Waals surface area contributed by atoms with Gasteiger partial charge in [-0.2, -0.15) is 0 Å². The highest BCUT2D eigenvalue weighted by Gasteiger charge is 2.47. The van der Waals surface area contributed by atoms with E-state index in [1.54, 1.807) is 0 Å². The first-order valence-corrected chi connectivity index (χ1v) is 18.6. The van der Waals surface area contributed by atoms with Gasteiger partial charge in [-0.15, -0.1) is 0 Å². The van der Waals surface area contributed by atoms with Crippen LogP contribution in [-0.4, -0.2) is 14.5 Å². The molecular formula is C50H37N3. The summed E-state index contributed by atoms with van der Waals surface area (Å²) in [5.41, 5.74) is 18.3. The lowest BCUT2D eigenvalue weighted by Gasteiger charge is -2.27. The van der Waals surface area contributed by atoms with Crippen LogP contribution in [0.15, 0.2) is 152 Å². The van der Waals surface area contributed by atoms with E-state index in [0.717, 1.165) is 39.2 Å². The quantitative estimate of drug-likeness (QED) is 0.186. The lowest BCUT2D eigenvalue weighted by molar-refractivity contribution is 0.658. The Balaban J connectivity index is 1.26. The van der Waals surface area contributed by atoms with Gasteiger partial charge in [-0.25, -0.2) is 9.97 Å². The van der Waals surface area contributed by atoms with Crippen molar-refractivity contribution in [3.63, 3.8) is 0 Å². The molecule has 3 heteroatoms. The molecule has 0 unspecified atom stereocenters. The van der Waals surface area contributed by atoms with Crippen LogP contribution >= 0.6 is 0 Å². The maximum atomic E-state index is 5.27. The zero-order chi connectivity index (χ0) is 35.6. The van der Waals surface area contributed by atoms with Gasteiger partial charge in [0.25, 0.3) is 0 Å². The van der Waals surface area contributed by atoms with Gasteiger partial charge in [-0.05, 0) is 68.8 Å². The molecule has 0 atom stereocenters. The lowest BCUT2D eigenvalue weighted by Crippen LogP contribution is -2.19. The standard InChI is InChI=1S/C50H37N3/c1-49(2)37-25-12-8-21-33(37)41-42-34-22-9-13-26-38(34)50(3,4)45(42)47-43(44(41)49)36-24-11-15-28-40(36)53(47)32-20-16-19-31(29-32)48-51-39-27-14-10-23-35(39)46(52-48)30-17-6-5-7-18-30/h5-29H,1-4H3. The summed E-state index contributed by atoms with van der Waals surface area (Å²) in [5, 5.41) is 3.69. The normalized spacial score (nSPS) is 14.7. The molecule has 0 saturated heterocycles. The molecule has 0 saturated carbocycles. The summed E-state index contributed by atoms with van der Waals surface area (Å²) in [7, 11) is 0. The van der Waals surface area contributed by atoms with Crippen LogP contribution in [0.2, 0.25) is 0 Å². The second-order valence-electron chi connectivity index (χ2n) is 15.7. The van der Waals surface area contributed by atoms with E-state index in [1.807, 2.05) is 0 Å². The SMILES string of the molecule is CC1(C)c2ccccc2-c2c3c(c4c(c21)c1ccccc1n4-c1cccc(-c2nc(-c4ccccc4)c4ccccc4n2)c1)C(C)(C)c1ccccc1-3. The molecule has 7 aromatic carbocycles. The largest absolute Gasteiger partial charge is 0.309 e. The maximum Gasteiger partial charge on any atom is 0.160 e. The highest BCUT2D eigenvalue weighted by Crippen LogP contribution is 2.63. The van der Waals surface area contributed by atoms with Crippen molar-refractivity contribution in [1.29, 1.82) is 0 Å². The monoisotopic (exact) mass is 679 g/mol. The van der Waals surface area contributed by atoms with E-state index in [2.05, 4.69) is 184 Å². The summed E-state index contributed by atoms with van der Waals surface area (Å²) in [6.07, 6.45) is 0. The maximum absolute atomic E-state index is 5.27. The summed E-state index contributed by atoms with van der Waals surface area (Å²) in [4.78, 5) is 10.4. The summed E-state index contributed by atoms with van der Waals surface area (Å²) in [6, 6.07) is 54.9. The van der Waals surface area contributed by atoms with E-state index in [4.69, 9.17) is 9.97 Å². The second-order valence-corrected chi connectivity index (χ2v) is 15.7. The predicted octanol–water partition coefficient (Wildman–Crippen LogP) is 12.7. The first kappa shape index (κ1) is 30.3. The molecule has 9 aromatic rings. The van der Waals surface area contributed by atoms with Gasteiger partial charge in [-0.1, -0.05) is 155 Å². The van der Waals surface area contributed by atoms with Gasteiger partial charge in [-0.3, -0.25) is 0 Å². The molecular weight excluding hydrogens is 643 g/mol. The fourth-order valence-electron chi connectivity index (χ4n) is 9.83. The molecule has 0 spiro atoms. The predicted molar refractivity (Wildman–Crippen MR) is 220 cm³/mol. The van der Waals surface area contributed by atoms with Crippen molar-refractivity contribution in [2.24, 2.45) is 0 Å². The third-order valence-corrected chi connectivity index (χ3v) is 12.1. The smallest absolute Gasteiger partial charge is 0.160 e.